The molecule has 0 saturated heterocycles. The summed E-state index contributed by atoms with van der Waals surface area (Å²) in [5.74, 6) is -0.442. The number of rotatable bonds is 7. The molecule has 0 aliphatic heterocycles. The molecule has 0 aliphatic rings. The highest BCUT2D eigenvalue weighted by Gasteiger charge is 2.20. The van der Waals surface area contributed by atoms with Gasteiger partial charge in [-0.25, -0.2) is 13.1 Å². The van der Waals surface area contributed by atoms with Gasteiger partial charge in [-0.1, -0.05) is 41.9 Å². The lowest BCUT2D eigenvalue weighted by Crippen LogP contribution is -2.35. The van der Waals surface area contributed by atoms with E-state index in [0.29, 0.717) is 18.0 Å². The number of aromatic nitrogens is 2. The van der Waals surface area contributed by atoms with Gasteiger partial charge in [-0.05, 0) is 42.3 Å². The van der Waals surface area contributed by atoms with E-state index in [1.165, 1.54) is 12.1 Å². The number of carbonyl (C=O) groups is 1. The van der Waals surface area contributed by atoms with Crippen LogP contribution in [0.3, 0.4) is 0 Å². The van der Waals surface area contributed by atoms with Gasteiger partial charge in [0.25, 0.3) is 5.56 Å². The quantitative estimate of drug-likeness (QED) is 0.617. The molecular weight excluding hydrogens is 414 g/mol. The van der Waals surface area contributed by atoms with Crippen LogP contribution in [0.5, 0.6) is 0 Å². The van der Waals surface area contributed by atoms with E-state index in [9.17, 15) is 18.0 Å². The van der Waals surface area contributed by atoms with Crippen LogP contribution < -0.4 is 10.9 Å². The molecule has 2 aromatic carbocycles. The lowest BCUT2D eigenvalue weighted by atomic mass is 10.1. The normalized spacial score (nSPS) is 11.2. The van der Waals surface area contributed by atoms with Gasteiger partial charge in [0, 0.05) is 17.6 Å². The average molecular weight is 432 g/mol. The maximum Gasteiger partial charge on any atom is 0.267 e. The summed E-state index contributed by atoms with van der Waals surface area (Å²) < 4.78 is 26.1. The topological polar surface area (TPSA) is 98.1 Å². The van der Waals surface area contributed by atoms with E-state index in [4.69, 9.17) is 11.6 Å². The molecule has 0 bridgehead atoms. The molecule has 0 fully saturated rings. The second-order valence-electron chi connectivity index (χ2n) is 6.21. The third kappa shape index (κ3) is 5.30. The second-order valence-corrected chi connectivity index (χ2v) is 8.54. The van der Waals surface area contributed by atoms with Crippen LogP contribution in [-0.4, -0.2) is 30.7 Å². The summed E-state index contributed by atoms with van der Waals surface area (Å²) in [6.07, 6.45) is 0.591. The Kier molecular flexibility index (Phi) is 6.46. The number of nitrogens with zero attached hydrogens (tertiary/aromatic N) is 2. The van der Waals surface area contributed by atoms with Crippen LogP contribution in [0, 0.1) is 0 Å². The molecule has 29 heavy (non-hydrogen) atoms. The third-order valence-corrected chi connectivity index (χ3v) is 6.03. The molecule has 7 nitrogen and oxygen atoms in total. The van der Waals surface area contributed by atoms with Crippen LogP contribution in [0.4, 0.5) is 0 Å². The number of nitrogens with one attached hydrogen (secondary N) is 1. The summed E-state index contributed by atoms with van der Waals surface area (Å²) in [6.45, 7) is -0.0190. The molecule has 0 aliphatic carbocycles. The SMILES string of the molecule is O=C(Cn1nc(S(=O)(=O)c2ccccc2)ccc1=O)NCCc1ccc(Cl)cc1. The van der Waals surface area contributed by atoms with Gasteiger partial charge in [-0.3, -0.25) is 9.59 Å². The molecular formula is C20H18ClN3O4S. The van der Waals surface area contributed by atoms with Crippen molar-refractivity contribution >= 4 is 27.3 Å². The fourth-order valence-corrected chi connectivity index (χ4v) is 3.93. The Bertz CT molecular complexity index is 1160. The molecule has 150 valence electrons. The third-order valence-electron chi connectivity index (χ3n) is 4.11. The van der Waals surface area contributed by atoms with Crippen LogP contribution >= 0.6 is 11.6 Å². The van der Waals surface area contributed by atoms with Crippen molar-refractivity contribution in [2.24, 2.45) is 0 Å². The molecule has 9 heteroatoms. The zero-order valence-electron chi connectivity index (χ0n) is 15.3. The van der Waals surface area contributed by atoms with Gasteiger partial charge in [-0.2, -0.15) is 5.10 Å². The van der Waals surface area contributed by atoms with Gasteiger partial charge in [0.15, 0.2) is 5.03 Å². The molecule has 0 radical (unpaired) electrons. The summed E-state index contributed by atoms with van der Waals surface area (Å²) in [7, 11) is -3.88. The fourth-order valence-electron chi connectivity index (χ4n) is 2.60. The van der Waals surface area contributed by atoms with Crippen LogP contribution in [0.2, 0.25) is 5.02 Å². The van der Waals surface area contributed by atoms with Gasteiger partial charge >= 0.3 is 0 Å². The highest BCUT2D eigenvalue weighted by Crippen LogP contribution is 2.17. The molecule has 0 spiro atoms. The number of benzene rings is 2. The van der Waals surface area contributed by atoms with Crippen LogP contribution in [0.1, 0.15) is 5.56 Å². The van der Waals surface area contributed by atoms with Crippen molar-refractivity contribution in [2.45, 2.75) is 22.9 Å². The average Bonchev–Trinajstić information content (AvgIpc) is 2.71. The van der Waals surface area contributed by atoms with Gasteiger partial charge in [0.1, 0.15) is 6.54 Å². The van der Waals surface area contributed by atoms with Gasteiger partial charge in [-0.15, -0.1) is 0 Å². The van der Waals surface area contributed by atoms with E-state index in [0.717, 1.165) is 22.4 Å². The van der Waals surface area contributed by atoms with E-state index in [1.807, 2.05) is 12.1 Å². The zero-order valence-corrected chi connectivity index (χ0v) is 16.9. The molecule has 3 rings (SSSR count). The van der Waals surface area contributed by atoms with E-state index >= 15 is 0 Å². The summed E-state index contributed by atoms with van der Waals surface area (Å²) in [6, 6.07) is 17.2. The van der Waals surface area contributed by atoms with E-state index < -0.39 is 21.3 Å². The van der Waals surface area contributed by atoms with Gasteiger partial charge in [0.2, 0.25) is 15.7 Å². The Morgan fingerprint density at radius 1 is 1.00 bits per heavy atom. The van der Waals surface area contributed by atoms with Crippen LogP contribution in [0.15, 0.2) is 81.4 Å². The summed E-state index contributed by atoms with van der Waals surface area (Å²) in [4.78, 5) is 24.2. The largest absolute Gasteiger partial charge is 0.354 e. The summed E-state index contributed by atoms with van der Waals surface area (Å²) in [5, 5.41) is 6.91. The maximum absolute atomic E-state index is 12.6. The summed E-state index contributed by atoms with van der Waals surface area (Å²) >= 11 is 5.83. The molecule has 1 N–H and O–H groups in total. The number of hydrogen-bond acceptors (Lipinski definition) is 5. The van der Waals surface area contributed by atoms with Gasteiger partial charge in [0.05, 0.1) is 4.90 Å². The van der Waals surface area contributed by atoms with Crippen molar-refractivity contribution < 1.29 is 13.2 Å². The molecule has 1 heterocycles. The Labute approximate surface area is 172 Å². The Balaban J connectivity index is 1.67. The van der Waals surface area contributed by atoms with Crippen LogP contribution in [0.25, 0.3) is 0 Å². The number of sulfone groups is 1. The van der Waals surface area contributed by atoms with E-state index in [2.05, 4.69) is 10.4 Å². The first kappa shape index (κ1) is 20.8. The first-order valence-electron chi connectivity index (χ1n) is 8.76. The molecule has 0 atom stereocenters. The molecule has 1 amide bonds. The number of hydrogen-bond donors (Lipinski definition) is 1. The highest BCUT2D eigenvalue weighted by atomic mass is 35.5. The predicted molar refractivity (Wildman–Crippen MR) is 109 cm³/mol. The predicted octanol–water partition coefficient (Wildman–Crippen LogP) is 2.09. The smallest absolute Gasteiger partial charge is 0.267 e. The minimum atomic E-state index is -3.88. The Morgan fingerprint density at radius 2 is 1.69 bits per heavy atom. The van der Waals surface area contributed by atoms with Crippen molar-refractivity contribution in [3.8, 4) is 0 Å². The first-order chi connectivity index (χ1) is 13.9. The van der Waals surface area contributed by atoms with Gasteiger partial charge < -0.3 is 5.32 Å². The lowest BCUT2D eigenvalue weighted by molar-refractivity contribution is -0.121. The fraction of sp³-hybridized carbons (Fsp3) is 0.150. The Hall–Kier alpha value is -2.97. The monoisotopic (exact) mass is 431 g/mol. The lowest BCUT2D eigenvalue weighted by Gasteiger charge is -2.09. The van der Waals surface area contributed by atoms with Crippen molar-refractivity contribution in [3.63, 3.8) is 0 Å². The summed E-state index contributed by atoms with van der Waals surface area (Å²) in [5.41, 5.74) is 0.436. The van der Waals surface area contributed by atoms with Crippen molar-refractivity contribution in [1.82, 2.24) is 15.1 Å². The zero-order chi connectivity index (χ0) is 20.9. The molecule has 0 saturated carbocycles. The van der Waals surface area contributed by atoms with E-state index in [-0.39, 0.29) is 16.5 Å². The number of amides is 1. The minimum absolute atomic E-state index is 0.0603. The standard InChI is InChI=1S/C20H18ClN3O4S/c21-16-8-6-15(7-9-16)12-13-22-18(25)14-24-20(26)11-10-19(23-24)29(27,28)17-4-2-1-3-5-17/h1-11H,12-14H2,(H,22,25). The highest BCUT2D eigenvalue weighted by molar-refractivity contribution is 7.91. The van der Waals surface area contributed by atoms with Crippen LogP contribution in [-0.2, 0) is 27.6 Å². The van der Waals surface area contributed by atoms with E-state index in [1.54, 1.807) is 30.3 Å². The second kappa shape index (κ2) is 9.02. The maximum atomic E-state index is 12.6. The van der Waals surface area contributed by atoms with Crippen molar-refractivity contribution in [3.05, 3.63) is 87.7 Å². The first-order valence-corrected chi connectivity index (χ1v) is 10.6. The van der Waals surface area contributed by atoms with Crippen molar-refractivity contribution in [1.29, 1.82) is 0 Å². The molecule has 3 aromatic rings. The number of carbonyl (C=O) groups excluding carboxylic acids is 1. The number of halogens is 1. The minimum Gasteiger partial charge on any atom is -0.354 e. The molecule has 0 unspecified atom stereocenters. The Morgan fingerprint density at radius 3 is 2.38 bits per heavy atom. The molecule has 1 aromatic heterocycles. The van der Waals surface area contributed by atoms with Crippen molar-refractivity contribution in [2.75, 3.05) is 6.54 Å².